The molecule has 0 atom stereocenters. The first-order valence-corrected chi connectivity index (χ1v) is 8.84. The van der Waals surface area contributed by atoms with Gasteiger partial charge in [-0.05, 0) is 43.3 Å². The fourth-order valence-corrected chi connectivity index (χ4v) is 2.84. The van der Waals surface area contributed by atoms with Gasteiger partial charge in [-0.15, -0.1) is 5.10 Å². The molecular formula is C20H18FN5O2. The van der Waals surface area contributed by atoms with E-state index in [4.69, 9.17) is 4.74 Å². The van der Waals surface area contributed by atoms with Gasteiger partial charge in [-0.2, -0.15) is 9.50 Å². The zero-order valence-corrected chi connectivity index (χ0v) is 15.1. The number of anilines is 1. The normalized spacial score (nSPS) is 10.9. The zero-order chi connectivity index (χ0) is 19.5. The Bertz CT molecular complexity index is 1170. The molecule has 0 aliphatic carbocycles. The number of para-hydroxylation sites is 2. The summed E-state index contributed by atoms with van der Waals surface area (Å²) in [5.74, 6) is 1.07. The van der Waals surface area contributed by atoms with Crippen LogP contribution in [-0.2, 0) is 6.54 Å². The molecule has 4 rings (SSSR count). The van der Waals surface area contributed by atoms with E-state index in [0.717, 1.165) is 11.4 Å². The van der Waals surface area contributed by atoms with Crippen molar-refractivity contribution in [2.75, 3.05) is 11.9 Å². The van der Waals surface area contributed by atoms with Gasteiger partial charge in [0.1, 0.15) is 11.6 Å². The van der Waals surface area contributed by atoms with Crippen molar-refractivity contribution in [3.05, 3.63) is 76.5 Å². The van der Waals surface area contributed by atoms with E-state index < -0.39 is 0 Å². The molecular weight excluding hydrogens is 361 g/mol. The molecule has 0 unspecified atom stereocenters. The molecule has 2 N–H and O–H groups in total. The van der Waals surface area contributed by atoms with Crippen LogP contribution < -0.4 is 15.6 Å². The molecule has 0 saturated heterocycles. The fraction of sp³-hybridized carbons (Fsp3) is 0.150. The predicted molar refractivity (Wildman–Crippen MR) is 104 cm³/mol. The lowest BCUT2D eigenvalue weighted by molar-refractivity contribution is 0.341. The van der Waals surface area contributed by atoms with Crippen LogP contribution in [0.4, 0.5) is 10.1 Å². The molecule has 0 aliphatic heterocycles. The summed E-state index contributed by atoms with van der Waals surface area (Å²) in [4.78, 5) is 19.9. The highest BCUT2D eigenvalue weighted by molar-refractivity contribution is 5.57. The molecule has 0 bridgehead atoms. The Morgan fingerprint density at radius 2 is 1.96 bits per heavy atom. The number of halogens is 1. The number of benzene rings is 2. The largest absolute Gasteiger partial charge is 0.492 e. The molecule has 2 aromatic carbocycles. The monoisotopic (exact) mass is 379 g/mol. The molecule has 2 aromatic heterocycles. The second-order valence-corrected chi connectivity index (χ2v) is 6.09. The van der Waals surface area contributed by atoms with Gasteiger partial charge in [0, 0.05) is 17.3 Å². The van der Waals surface area contributed by atoms with E-state index in [1.165, 1.54) is 22.7 Å². The van der Waals surface area contributed by atoms with E-state index in [1.54, 1.807) is 12.1 Å². The van der Waals surface area contributed by atoms with Gasteiger partial charge in [0.05, 0.1) is 18.8 Å². The van der Waals surface area contributed by atoms with Gasteiger partial charge in [0.15, 0.2) is 5.82 Å². The molecule has 0 radical (unpaired) electrons. The highest BCUT2D eigenvalue weighted by atomic mass is 19.1. The van der Waals surface area contributed by atoms with Crippen LogP contribution in [-0.4, -0.2) is 26.2 Å². The first kappa shape index (κ1) is 17.7. The Balaban J connectivity index is 1.61. The van der Waals surface area contributed by atoms with Crippen LogP contribution in [0.15, 0.2) is 59.4 Å². The van der Waals surface area contributed by atoms with Gasteiger partial charge in [0.25, 0.3) is 5.56 Å². The Morgan fingerprint density at radius 3 is 2.75 bits per heavy atom. The minimum absolute atomic E-state index is 0.301. The molecule has 4 aromatic rings. The Hall–Kier alpha value is -3.68. The molecule has 142 valence electrons. The number of H-pyrrole nitrogens is 1. The minimum atomic E-state index is -0.343. The SMILES string of the molecule is CCOc1ccccc1NCc1cc(=O)n2nc(-c3ccc(F)cc3)nc2[nH]1. The molecule has 0 amide bonds. The summed E-state index contributed by atoms with van der Waals surface area (Å²) in [6.45, 7) is 2.87. The first-order chi connectivity index (χ1) is 13.6. The average Bonchev–Trinajstić information content (AvgIpc) is 3.13. The molecule has 0 saturated carbocycles. The van der Waals surface area contributed by atoms with E-state index in [9.17, 15) is 9.18 Å². The summed E-state index contributed by atoms with van der Waals surface area (Å²) in [6.07, 6.45) is 0. The number of aromatic amines is 1. The number of aromatic nitrogens is 4. The fourth-order valence-electron chi connectivity index (χ4n) is 2.84. The highest BCUT2D eigenvalue weighted by Gasteiger charge is 2.11. The average molecular weight is 379 g/mol. The summed E-state index contributed by atoms with van der Waals surface area (Å²) in [5.41, 5.74) is 1.81. The third kappa shape index (κ3) is 3.57. The molecule has 28 heavy (non-hydrogen) atoms. The second-order valence-electron chi connectivity index (χ2n) is 6.09. The topological polar surface area (TPSA) is 84.3 Å². The number of rotatable bonds is 6. The van der Waals surface area contributed by atoms with Crippen molar-refractivity contribution in [2.24, 2.45) is 0 Å². The van der Waals surface area contributed by atoms with E-state index >= 15 is 0 Å². The number of hydrogen-bond donors (Lipinski definition) is 2. The third-order valence-electron chi connectivity index (χ3n) is 4.14. The Morgan fingerprint density at radius 1 is 1.18 bits per heavy atom. The first-order valence-electron chi connectivity index (χ1n) is 8.84. The lowest BCUT2D eigenvalue weighted by Gasteiger charge is -2.12. The maximum Gasteiger partial charge on any atom is 0.275 e. The summed E-state index contributed by atoms with van der Waals surface area (Å²) in [5, 5.41) is 7.47. The lowest BCUT2D eigenvalue weighted by Crippen LogP contribution is -2.17. The van der Waals surface area contributed by atoms with Crippen molar-refractivity contribution in [3.63, 3.8) is 0 Å². The van der Waals surface area contributed by atoms with E-state index in [-0.39, 0.29) is 11.4 Å². The number of fused-ring (bicyclic) bond motifs is 1. The maximum absolute atomic E-state index is 13.1. The number of ether oxygens (including phenoxy) is 1. The second kappa shape index (κ2) is 7.51. The summed E-state index contributed by atoms with van der Waals surface area (Å²) < 4.78 is 19.9. The summed E-state index contributed by atoms with van der Waals surface area (Å²) in [6, 6.07) is 14.9. The Labute approximate surface area is 159 Å². The van der Waals surface area contributed by atoms with E-state index in [1.807, 2.05) is 31.2 Å². The molecule has 7 nitrogen and oxygen atoms in total. The smallest absolute Gasteiger partial charge is 0.275 e. The molecule has 2 heterocycles. The van der Waals surface area contributed by atoms with Crippen LogP contribution >= 0.6 is 0 Å². The van der Waals surface area contributed by atoms with Gasteiger partial charge < -0.3 is 15.0 Å². The van der Waals surface area contributed by atoms with Crippen LogP contribution in [0.25, 0.3) is 17.2 Å². The molecule has 0 aliphatic rings. The highest BCUT2D eigenvalue weighted by Crippen LogP contribution is 2.24. The van der Waals surface area contributed by atoms with E-state index in [0.29, 0.717) is 36.0 Å². The summed E-state index contributed by atoms with van der Waals surface area (Å²) in [7, 11) is 0. The maximum atomic E-state index is 13.1. The van der Waals surface area contributed by atoms with Gasteiger partial charge >= 0.3 is 0 Å². The van der Waals surface area contributed by atoms with Gasteiger partial charge in [-0.25, -0.2) is 4.39 Å². The van der Waals surface area contributed by atoms with Gasteiger partial charge in [0.2, 0.25) is 5.78 Å². The van der Waals surface area contributed by atoms with Crippen molar-refractivity contribution < 1.29 is 9.13 Å². The van der Waals surface area contributed by atoms with E-state index in [2.05, 4.69) is 20.4 Å². The zero-order valence-electron chi connectivity index (χ0n) is 15.1. The van der Waals surface area contributed by atoms with Crippen molar-refractivity contribution >= 4 is 11.5 Å². The van der Waals surface area contributed by atoms with Crippen LogP contribution in [0.5, 0.6) is 5.75 Å². The lowest BCUT2D eigenvalue weighted by atomic mass is 10.2. The van der Waals surface area contributed by atoms with Crippen molar-refractivity contribution in [1.82, 2.24) is 19.6 Å². The van der Waals surface area contributed by atoms with Crippen molar-refractivity contribution in [1.29, 1.82) is 0 Å². The van der Waals surface area contributed by atoms with Crippen molar-refractivity contribution in [2.45, 2.75) is 13.5 Å². The standard InChI is InChI=1S/C20H18FN5O2/c1-2-28-17-6-4-3-5-16(17)22-12-15-11-18(27)26-20(23-15)24-19(25-26)13-7-9-14(21)10-8-13/h3-11,22H,2,12H2,1H3,(H,23,24,25). The van der Waals surface area contributed by atoms with Crippen LogP contribution in [0.3, 0.4) is 0 Å². The van der Waals surface area contributed by atoms with Crippen LogP contribution in [0.1, 0.15) is 12.6 Å². The van der Waals surface area contributed by atoms with Gasteiger partial charge in [-0.3, -0.25) is 4.79 Å². The molecule has 0 spiro atoms. The van der Waals surface area contributed by atoms with Crippen LogP contribution in [0.2, 0.25) is 0 Å². The number of nitrogens with zero attached hydrogens (tertiary/aromatic N) is 3. The summed E-state index contributed by atoms with van der Waals surface area (Å²) >= 11 is 0. The third-order valence-corrected chi connectivity index (χ3v) is 4.14. The molecule has 8 heteroatoms. The minimum Gasteiger partial charge on any atom is -0.492 e. The number of hydrogen-bond acceptors (Lipinski definition) is 5. The van der Waals surface area contributed by atoms with Gasteiger partial charge in [-0.1, -0.05) is 12.1 Å². The quantitative estimate of drug-likeness (QED) is 0.537. The van der Waals surface area contributed by atoms with Crippen LogP contribution in [0, 0.1) is 5.82 Å². The number of nitrogens with one attached hydrogen (secondary N) is 2. The molecule has 0 fully saturated rings. The Kier molecular flexibility index (Phi) is 4.76. The predicted octanol–water partition coefficient (Wildman–Crippen LogP) is 3.23. The van der Waals surface area contributed by atoms with Crippen molar-refractivity contribution in [3.8, 4) is 17.1 Å².